The van der Waals surface area contributed by atoms with Gasteiger partial charge in [-0.3, -0.25) is 14.4 Å². The Bertz CT molecular complexity index is 1330. The van der Waals surface area contributed by atoms with E-state index >= 15 is 0 Å². The molecule has 2 saturated heterocycles. The zero-order valence-electron chi connectivity index (χ0n) is 47.3. The van der Waals surface area contributed by atoms with Crippen LogP contribution in [0.2, 0.25) is 0 Å². The van der Waals surface area contributed by atoms with E-state index < -0.39 is 92.5 Å². The fourth-order valence-corrected chi connectivity index (χ4v) is 10.3. The second-order valence-electron chi connectivity index (χ2n) is 21.9. The summed E-state index contributed by atoms with van der Waals surface area (Å²) in [5.41, 5.74) is 0. The molecule has 0 aromatic rings. The number of carbonyl (C=O) groups excluding carboxylic acids is 3. The number of hydrogen-bond donors (Lipinski definition) is 5. The lowest BCUT2D eigenvalue weighted by atomic mass is 9.96. The number of unbranched alkanes of at least 4 members (excludes halogenated alkanes) is 36. The number of aliphatic hydroxyl groups excluding tert-OH is 5. The average Bonchev–Trinajstić information content (AvgIpc) is 3.39. The van der Waals surface area contributed by atoms with Gasteiger partial charge in [0.2, 0.25) is 0 Å². The maximum Gasteiger partial charge on any atom is 0.306 e. The number of esters is 3. The standard InChI is InChI=1S/C60H112O14/c1-4-7-10-13-16-19-22-25-28-31-34-37-40-43-50(62)69-47-49-56(74-60-55(67)54(66)53(65)48(46-61)71-60)57(72-51(63)44-41-38-35-32-29-26-23-20-17-14-11-8-5-2)58(59(68)70-49)73-52(64)45-42-39-36-33-30-27-24-21-18-15-12-9-6-3/h48-49,53-61,65-68H,4-47H2,1-3H3/t48-,49-,53-,54+,55-,56-,57+,58-,59-,60-/m1/s1. The molecule has 10 atom stereocenters. The maximum atomic E-state index is 13.7. The van der Waals surface area contributed by atoms with Gasteiger partial charge in [0.05, 0.1) is 6.61 Å². The Kier molecular flexibility index (Phi) is 42.4. The number of aliphatic hydroxyl groups is 5. The van der Waals surface area contributed by atoms with Crippen LogP contribution in [0.15, 0.2) is 0 Å². The van der Waals surface area contributed by atoms with E-state index in [1.165, 1.54) is 161 Å². The number of carbonyl (C=O) groups is 3. The molecule has 14 heteroatoms. The Morgan fingerprint density at radius 2 is 0.689 bits per heavy atom. The van der Waals surface area contributed by atoms with Crippen molar-refractivity contribution in [3.8, 4) is 0 Å². The molecule has 0 amide bonds. The first-order valence-corrected chi connectivity index (χ1v) is 30.9. The zero-order valence-corrected chi connectivity index (χ0v) is 47.3. The summed E-state index contributed by atoms with van der Waals surface area (Å²) in [5.74, 6) is -1.77. The van der Waals surface area contributed by atoms with Crippen molar-refractivity contribution in [1.29, 1.82) is 0 Å². The molecule has 0 radical (unpaired) electrons. The van der Waals surface area contributed by atoms with E-state index in [0.717, 1.165) is 70.6 Å². The third kappa shape index (κ3) is 32.1. The molecule has 2 fully saturated rings. The van der Waals surface area contributed by atoms with Gasteiger partial charge in [0.1, 0.15) is 43.2 Å². The van der Waals surface area contributed by atoms with Crippen molar-refractivity contribution in [1.82, 2.24) is 0 Å². The van der Waals surface area contributed by atoms with Crippen molar-refractivity contribution in [3.05, 3.63) is 0 Å². The maximum absolute atomic E-state index is 13.7. The van der Waals surface area contributed by atoms with Crippen LogP contribution in [0.1, 0.15) is 290 Å². The first-order valence-electron chi connectivity index (χ1n) is 30.9. The van der Waals surface area contributed by atoms with Crippen LogP contribution in [0.3, 0.4) is 0 Å². The van der Waals surface area contributed by atoms with Crippen LogP contribution in [0, 0.1) is 0 Å². The summed E-state index contributed by atoms with van der Waals surface area (Å²) in [6.45, 7) is 5.53. The minimum Gasteiger partial charge on any atom is -0.463 e. The fraction of sp³-hybridized carbons (Fsp3) is 0.950. The molecular formula is C60H112O14. The van der Waals surface area contributed by atoms with Gasteiger partial charge in [0, 0.05) is 19.3 Å². The molecule has 0 unspecified atom stereocenters. The van der Waals surface area contributed by atoms with Crippen molar-refractivity contribution in [2.75, 3.05) is 13.2 Å². The van der Waals surface area contributed by atoms with E-state index in [9.17, 15) is 39.9 Å². The van der Waals surface area contributed by atoms with E-state index in [-0.39, 0.29) is 19.3 Å². The third-order valence-electron chi connectivity index (χ3n) is 15.1. The van der Waals surface area contributed by atoms with E-state index in [0.29, 0.717) is 19.3 Å². The predicted octanol–water partition coefficient (Wildman–Crippen LogP) is 12.7. The Labute approximate surface area is 449 Å². The van der Waals surface area contributed by atoms with E-state index in [4.69, 9.17) is 28.4 Å². The topological polar surface area (TPSA) is 208 Å². The van der Waals surface area contributed by atoms with Gasteiger partial charge in [0.25, 0.3) is 0 Å². The normalized spacial score (nSPS) is 24.0. The minimum absolute atomic E-state index is 0.0381. The molecule has 2 aliphatic rings. The zero-order chi connectivity index (χ0) is 53.9. The summed E-state index contributed by atoms with van der Waals surface area (Å²) in [6.07, 6.45) is 29.0. The molecule has 2 heterocycles. The highest BCUT2D eigenvalue weighted by Gasteiger charge is 2.54. The van der Waals surface area contributed by atoms with E-state index in [1.807, 2.05) is 0 Å². The van der Waals surface area contributed by atoms with E-state index in [2.05, 4.69) is 20.8 Å². The van der Waals surface area contributed by atoms with Crippen LogP contribution in [0.5, 0.6) is 0 Å². The largest absolute Gasteiger partial charge is 0.463 e. The van der Waals surface area contributed by atoms with Crippen molar-refractivity contribution >= 4 is 17.9 Å². The van der Waals surface area contributed by atoms with Gasteiger partial charge < -0.3 is 54.0 Å². The van der Waals surface area contributed by atoms with Crippen LogP contribution < -0.4 is 0 Å². The molecular weight excluding hydrogens is 945 g/mol. The monoisotopic (exact) mass is 1060 g/mol. The first-order chi connectivity index (χ1) is 36.1. The Morgan fingerprint density at radius 1 is 0.365 bits per heavy atom. The van der Waals surface area contributed by atoms with Gasteiger partial charge in [-0.05, 0) is 19.3 Å². The lowest BCUT2D eigenvalue weighted by Gasteiger charge is -2.46. The lowest BCUT2D eigenvalue weighted by molar-refractivity contribution is -0.356. The molecule has 5 N–H and O–H groups in total. The van der Waals surface area contributed by atoms with Gasteiger partial charge in [-0.2, -0.15) is 0 Å². The first kappa shape index (κ1) is 68.2. The highest BCUT2D eigenvalue weighted by molar-refractivity contribution is 5.71. The van der Waals surface area contributed by atoms with Crippen molar-refractivity contribution in [2.24, 2.45) is 0 Å². The molecule has 436 valence electrons. The second kappa shape index (κ2) is 46.0. The summed E-state index contributed by atoms with van der Waals surface area (Å²) in [4.78, 5) is 40.3. The Hall–Kier alpha value is -1.91. The fourth-order valence-electron chi connectivity index (χ4n) is 10.3. The van der Waals surface area contributed by atoms with Crippen molar-refractivity contribution in [2.45, 2.75) is 352 Å². The smallest absolute Gasteiger partial charge is 0.306 e. The molecule has 0 bridgehead atoms. The van der Waals surface area contributed by atoms with Crippen LogP contribution >= 0.6 is 0 Å². The van der Waals surface area contributed by atoms with Gasteiger partial charge in [-0.15, -0.1) is 0 Å². The highest BCUT2D eigenvalue weighted by Crippen LogP contribution is 2.33. The summed E-state index contributed by atoms with van der Waals surface area (Å²) in [6, 6.07) is 0. The van der Waals surface area contributed by atoms with Gasteiger partial charge in [-0.25, -0.2) is 0 Å². The van der Waals surface area contributed by atoms with Gasteiger partial charge in [0.15, 0.2) is 24.8 Å². The van der Waals surface area contributed by atoms with E-state index in [1.54, 1.807) is 0 Å². The predicted molar refractivity (Wildman–Crippen MR) is 291 cm³/mol. The molecule has 2 aliphatic heterocycles. The minimum atomic E-state index is -1.84. The molecule has 0 aliphatic carbocycles. The molecule has 0 aromatic heterocycles. The molecule has 0 saturated carbocycles. The highest BCUT2D eigenvalue weighted by atomic mass is 16.7. The summed E-state index contributed by atoms with van der Waals surface area (Å²) < 4.78 is 35.5. The van der Waals surface area contributed by atoms with Gasteiger partial charge in [-0.1, -0.05) is 252 Å². The lowest BCUT2D eigenvalue weighted by Crippen LogP contribution is -2.65. The van der Waals surface area contributed by atoms with Gasteiger partial charge >= 0.3 is 17.9 Å². The van der Waals surface area contributed by atoms with Crippen LogP contribution in [0.4, 0.5) is 0 Å². The summed E-state index contributed by atoms with van der Waals surface area (Å²) >= 11 is 0. The molecule has 0 aromatic carbocycles. The third-order valence-corrected chi connectivity index (χ3v) is 15.1. The Morgan fingerprint density at radius 3 is 1.04 bits per heavy atom. The quantitative estimate of drug-likeness (QED) is 0.0218. The van der Waals surface area contributed by atoms with Crippen molar-refractivity contribution in [3.63, 3.8) is 0 Å². The summed E-state index contributed by atoms with van der Waals surface area (Å²) in [5, 5.41) is 53.8. The SMILES string of the molecule is CCCCCCCCCCCCCCCC(=O)OC[C@H]1O[C@@H](O)[C@H](OC(=O)CCCCCCCCCCCCCCC)[C@@H](OC(=O)CCCCCCCCCCCCCCC)[C@@H]1O[C@H]1O[C@H](CO)[C@@H](O)[C@H](O)[C@H]1O. The average molecular weight is 1060 g/mol. The Balaban J connectivity index is 2.08. The molecule has 74 heavy (non-hydrogen) atoms. The number of rotatable bonds is 49. The molecule has 2 rings (SSSR count). The summed E-state index contributed by atoms with van der Waals surface area (Å²) in [7, 11) is 0. The van der Waals surface area contributed by atoms with Crippen LogP contribution in [-0.2, 0) is 42.8 Å². The van der Waals surface area contributed by atoms with Crippen molar-refractivity contribution < 1.29 is 68.3 Å². The number of ether oxygens (including phenoxy) is 6. The van der Waals surface area contributed by atoms with Crippen LogP contribution in [-0.4, -0.2) is 118 Å². The second-order valence-corrected chi connectivity index (χ2v) is 21.9. The molecule has 14 nitrogen and oxygen atoms in total. The molecule has 0 spiro atoms. The van der Waals surface area contributed by atoms with Crippen LogP contribution in [0.25, 0.3) is 0 Å². The number of hydrogen-bond acceptors (Lipinski definition) is 14.